The van der Waals surface area contributed by atoms with Gasteiger partial charge >= 0.3 is 31.1 Å². The van der Waals surface area contributed by atoms with Gasteiger partial charge in [-0.3, -0.25) is 0 Å². The molecule has 2 aliphatic rings. The van der Waals surface area contributed by atoms with E-state index >= 15 is 0 Å². The van der Waals surface area contributed by atoms with Gasteiger partial charge in [0.25, 0.3) is 0 Å². The van der Waals surface area contributed by atoms with Crippen molar-refractivity contribution in [1.82, 2.24) is 0 Å². The number of aliphatic hydroxyl groups is 1. The number of hydrogen-bond acceptors (Lipinski definition) is 4. The van der Waals surface area contributed by atoms with Crippen molar-refractivity contribution in [2.24, 2.45) is 5.92 Å². The normalized spacial score (nSPS) is 21.6. The second-order valence-corrected chi connectivity index (χ2v) is 8.24. The predicted octanol–water partition coefficient (Wildman–Crippen LogP) is 5.68. The maximum absolute atomic E-state index is 10.3. The first-order valence-corrected chi connectivity index (χ1v) is 11.0. The fourth-order valence-electron chi connectivity index (χ4n) is 4.61. The number of benzene rings is 2. The van der Waals surface area contributed by atoms with Crippen LogP contribution in [0.4, 0.5) is 0 Å². The molecule has 0 aromatic heterocycles. The van der Waals surface area contributed by atoms with E-state index < -0.39 is 6.10 Å². The maximum atomic E-state index is 10.3. The van der Waals surface area contributed by atoms with Crippen molar-refractivity contribution in [3.8, 4) is 11.5 Å². The minimum absolute atomic E-state index is 0. The molecule has 168 valence electrons. The van der Waals surface area contributed by atoms with Crippen LogP contribution in [0.2, 0.25) is 0 Å². The molecule has 2 N–H and O–H groups in total. The van der Waals surface area contributed by atoms with E-state index in [4.69, 9.17) is 14.9 Å². The minimum Gasteiger partial charge on any atom is -0.515 e. The summed E-state index contributed by atoms with van der Waals surface area (Å²) < 4.78 is 12.2. The Labute approximate surface area is 216 Å². The van der Waals surface area contributed by atoms with Gasteiger partial charge in [0.1, 0.15) is 18.0 Å². The maximum Gasteiger partial charge on any atom is 2.00 e. The largest absolute Gasteiger partial charge is 2.00 e. The number of aryl methyl sites for hydroxylation is 1. The van der Waals surface area contributed by atoms with Gasteiger partial charge in [-0.15, -0.1) is 11.6 Å². The third-order valence-corrected chi connectivity index (χ3v) is 6.19. The van der Waals surface area contributed by atoms with Crippen LogP contribution in [0.3, 0.4) is 0 Å². The molecule has 0 saturated carbocycles. The Bertz CT molecular complexity index is 928. The van der Waals surface area contributed by atoms with Crippen LogP contribution in [0.1, 0.15) is 50.7 Å². The third-order valence-electron chi connectivity index (χ3n) is 6.19. The van der Waals surface area contributed by atoms with Crippen molar-refractivity contribution < 1.29 is 45.7 Å². The summed E-state index contributed by atoms with van der Waals surface area (Å²) in [5.41, 5.74) is 4.17. The van der Waals surface area contributed by atoms with Gasteiger partial charge in [-0.1, -0.05) is 48.8 Å². The molecule has 2 aromatic carbocycles. The monoisotopic (exact) mass is 657 g/mol. The molecular weight excluding hydrogens is 624 g/mol. The Morgan fingerprint density at radius 2 is 2.03 bits per heavy atom. The number of ether oxygens (including phenoxy) is 2. The smallest absolute Gasteiger partial charge is 0.515 e. The number of hydrogen-bond donors (Lipinski definition) is 2. The van der Waals surface area contributed by atoms with Gasteiger partial charge in [-0.25, -0.2) is 0 Å². The quantitative estimate of drug-likeness (QED) is 0.284. The van der Waals surface area contributed by atoms with Gasteiger partial charge < -0.3 is 27.4 Å². The van der Waals surface area contributed by atoms with E-state index in [1.807, 2.05) is 49.4 Å². The summed E-state index contributed by atoms with van der Waals surface area (Å²) in [5.74, 6) is 1.87. The summed E-state index contributed by atoms with van der Waals surface area (Å²) in [7, 11) is 0. The Balaban J connectivity index is 0.00000181. The van der Waals surface area contributed by atoms with Crippen LogP contribution in [0, 0.1) is 55.9 Å². The fourth-order valence-corrected chi connectivity index (χ4v) is 4.61. The molecule has 0 radical (unpaired) electrons. The van der Waals surface area contributed by atoms with E-state index in [-0.39, 0.29) is 56.7 Å². The standard InChI is InChI=1S/C26H30NO3.CH3.U/c1-3-18-9-7-14-24-26(18)22-15-19(28)16-25(30-24)21(22)12-8-13-23(27)17(2)29-20-10-5-4-6-11-20;;/h4-7,9-11,15,17,19,21,25,27-28H,3,8,12-13,16H2,1-2H3;1H3;/q2*-1;+2/t17-,19+,21?,25+;;/m1../s1. The Morgan fingerprint density at radius 3 is 2.75 bits per heavy atom. The van der Waals surface area contributed by atoms with Crippen molar-refractivity contribution in [3.05, 3.63) is 73.2 Å². The minimum atomic E-state index is -0.461. The molecule has 4 rings (SSSR count). The van der Waals surface area contributed by atoms with Crippen LogP contribution >= 0.6 is 0 Å². The number of fused-ring (bicyclic) bond motifs is 4. The van der Waals surface area contributed by atoms with Crippen LogP contribution in [-0.2, 0) is 6.42 Å². The van der Waals surface area contributed by atoms with Crippen molar-refractivity contribution in [3.63, 3.8) is 0 Å². The molecule has 1 aliphatic heterocycles. The number of nitrogens with one attached hydrogen (secondary N) is 1. The average Bonchev–Trinajstić information content (AvgIpc) is 2.74. The molecule has 0 fully saturated rings. The first-order valence-electron chi connectivity index (χ1n) is 11.0. The van der Waals surface area contributed by atoms with E-state index in [2.05, 4.69) is 19.1 Å². The average molecular weight is 658 g/mol. The summed E-state index contributed by atoms with van der Waals surface area (Å²) >= 11 is 0. The molecule has 1 aliphatic carbocycles. The van der Waals surface area contributed by atoms with Gasteiger partial charge in [-0.05, 0) is 38.3 Å². The molecule has 0 amide bonds. The van der Waals surface area contributed by atoms with Crippen LogP contribution in [0.5, 0.6) is 11.5 Å². The van der Waals surface area contributed by atoms with Crippen molar-refractivity contribution in [2.75, 3.05) is 0 Å². The Kier molecular flexibility index (Phi) is 10.1. The second-order valence-electron chi connectivity index (χ2n) is 8.24. The molecule has 5 heteroatoms. The summed E-state index contributed by atoms with van der Waals surface area (Å²) in [5, 5.41) is 18.7. The SMILES string of the molecule is CCc1cc[c-]c2c1C1=C[C@H](O)C[C@H](O2)C1CCCC(=N)[C@@H](C)Oc1ccccc1.[CH3-].[U+2]. The zero-order chi connectivity index (χ0) is 21.1. The van der Waals surface area contributed by atoms with Gasteiger partial charge in [0.05, 0.1) is 6.10 Å². The molecule has 32 heavy (non-hydrogen) atoms. The fraction of sp³-hybridized carbons (Fsp3) is 0.407. The number of aliphatic hydroxyl groups excluding tert-OH is 1. The van der Waals surface area contributed by atoms with Crippen LogP contribution in [0.25, 0.3) is 5.57 Å². The molecule has 1 unspecified atom stereocenters. The molecule has 2 aromatic rings. The van der Waals surface area contributed by atoms with E-state index in [9.17, 15) is 5.11 Å². The molecule has 0 spiro atoms. The number of rotatable bonds is 8. The summed E-state index contributed by atoms with van der Waals surface area (Å²) in [6.07, 6.45) is 5.35. The zero-order valence-corrected chi connectivity index (χ0v) is 23.4. The van der Waals surface area contributed by atoms with Crippen molar-refractivity contribution in [1.29, 1.82) is 5.41 Å². The first-order chi connectivity index (χ1) is 14.6. The van der Waals surface area contributed by atoms with Gasteiger partial charge in [0.15, 0.2) is 0 Å². The molecular formula is C27H33NO3U. The van der Waals surface area contributed by atoms with E-state index in [0.717, 1.165) is 36.3 Å². The zero-order valence-electron chi connectivity index (χ0n) is 19.2. The van der Waals surface area contributed by atoms with Crippen LogP contribution in [-0.4, -0.2) is 29.1 Å². The Morgan fingerprint density at radius 1 is 1.28 bits per heavy atom. The molecule has 4 nitrogen and oxygen atoms in total. The molecule has 1 heterocycles. The molecule has 0 saturated heterocycles. The van der Waals surface area contributed by atoms with E-state index in [0.29, 0.717) is 18.6 Å². The van der Waals surface area contributed by atoms with Gasteiger partial charge in [-0.2, -0.15) is 12.1 Å². The molecule has 4 atom stereocenters. The van der Waals surface area contributed by atoms with Gasteiger partial charge in [0.2, 0.25) is 0 Å². The van der Waals surface area contributed by atoms with E-state index in [1.54, 1.807) is 0 Å². The van der Waals surface area contributed by atoms with Crippen LogP contribution in [0.15, 0.2) is 48.5 Å². The number of para-hydroxylation sites is 1. The first kappa shape index (κ1) is 26.7. The summed E-state index contributed by atoms with van der Waals surface area (Å²) in [6.45, 7) is 4.08. The van der Waals surface area contributed by atoms with Crippen molar-refractivity contribution in [2.45, 2.75) is 64.3 Å². The predicted molar refractivity (Wildman–Crippen MR) is 126 cm³/mol. The molecule has 2 bridgehead atoms. The van der Waals surface area contributed by atoms with Gasteiger partial charge in [0, 0.05) is 23.8 Å². The van der Waals surface area contributed by atoms with E-state index in [1.165, 1.54) is 11.1 Å². The second kappa shape index (κ2) is 12.1. The third kappa shape index (κ3) is 5.87. The van der Waals surface area contributed by atoms with Crippen molar-refractivity contribution >= 4 is 11.3 Å². The summed E-state index contributed by atoms with van der Waals surface area (Å²) in [6, 6.07) is 16.9. The van der Waals surface area contributed by atoms with Crippen LogP contribution < -0.4 is 9.47 Å². The Hall–Kier alpha value is -1.54. The topological polar surface area (TPSA) is 62.5 Å². The summed E-state index contributed by atoms with van der Waals surface area (Å²) in [4.78, 5) is 0.